The van der Waals surface area contributed by atoms with Gasteiger partial charge in [0.15, 0.2) is 0 Å². The number of anilines is 1. The minimum Gasteiger partial charge on any atom is -0.444 e. The van der Waals surface area contributed by atoms with Crippen molar-refractivity contribution in [3.63, 3.8) is 0 Å². The number of aryl methyl sites for hydroxylation is 2. The third-order valence-electron chi connectivity index (χ3n) is 5.15. The number of carbonyl (C=O) groups is 1. The lowest BCUT2D eigenvalue weighted by Gasteiger charge is -2.04. The zero-order chi connectivity index (χ0) is 16.4. The van der Waals surface area contributed by atoms with Crippen molar-refractivity contribution in [3.05, 3.63) is 35.7 Å². The molecule has 2 aliphatic carbocycles. The Bertz CT molecular complexity index is 688. The first-order valence-electron chi connectivity index (χ1n) is 8.33. The zero-order valence-electron chi connectivity index (χ0n) is 14.0. The van der Waals surface area contributed by atoms with Crippen LogP contribution in [0.25, 0.3) is 11.5 Å². The Morgan fingerprint density at radius 2 is 2.04 bits per heavy atom. The lowest BCUT2D eigenvalue weighted by Crippen LogP contribution is -1.94. The molecule has 2 aliphatic rings. The average Bonchev–Trinajstić information content (AvgIpc) is 2.95. The number of carbonyl (C=O) groups excluding carboxylic acids is 1. The van der Waals surface area contributed by atoms with Gasteiger partial charge in [0.05, 0.1) is 5.69 Å². The van der Waals surface area contributed by atoms with Crippen LogP contribution in [0, 0.1) is 31.6 Å². The quantitative estimate of drug-likeness (QED) is 0.826. The molecule has 1 amide bonds. The fraction of sp³-hybridized carbons (Fsp3) is 0.474. The Labute approximate surface area is 138 Å². The van der Waals surface area contributed by atoms with Gasteiger partial charge in [0.2, 0.25) is 12.3 Å². The van der Waals surface area contributed by atoms with E-state index in [-0.39, 0.29) is 1.43 Å². The second-order valence-corrected chi connectivity index (χ2v) is 6.70. The van der Waals surface area contributed by atoms with Gasteiger partial charge in [0.25, 0.3) is 0 Å². The summed E-state index contributed by atoms with van der Waals surface area (Å²) in [4.78, 5) is 14.6. The van der Waals surface area contributed by atoms with E-state index < -0.39 is 0 Å². The van der Waals surface area contributed by atoms with E-state index in [1.54, 1.807) is 19.1 Å². The lowest BCUT2D eigenvalue weighted by molar-refractivity contribution is -0.105. The molecule has 23 heavy (non-hydrogen) atoms. The predicted molar refractivity (Wildman–Crippen MR) is 93.2 cm³/mol. The van der Waals surface area contributed by atoms with Crippen LogP contribution in [0.4, 0.5) is 5.69 Å². The van der Waals surface area contributed by atoms with Crippen molar-refractivity contribution in [2.75, 3.05) is 5.32 Å². The second kappa shape index (κ2) is 6.57. The van der Waals surface area contributed by atoms with Crippen LogP contribution in [0.2, 0.25) is 0 Å². The molecule has 0 saturated heterocycles. The first kappa shape index (κ1) is 15.8. The Morgan fingerprint density at radius 1 is 1.30 bits per heavy atom. The average molecular weight is 314 g/mol. The highest BCUT2D eigenvalue weighted by molar-refractivity contribution is 5.75. The number of amides is 1. The standard InChI is InChI=1S/C12H12N2O2.C7H12.H2/c1-8-3-4-10(13-7-15)5-11(8)12-14-9(2)6-16-12;1-5-6-3-2-4-7(5)6;/h3-7H,1-2H3,(H,13,15);5-7H,2-4H2,1H3;1H. The maximum absolute atomic E-state index is 10.4. The van der Waals surface area contributed by atoms with Crippen LogP contribution in [0.15, 0.2) is 28.9 Å². The second-order valence-electron chi connectivity index (χ2n) is 6.70. The van der Waals surface area contributed by atoms with Gasteiger partial charge in [-0.15, -0.1) is 0 Å². The van der Waals surface area contributed by atoms with Gasteiger partial charge in [-0.05, 0) is 62.1 Å². The van der Waals surface area contributed by atoms with E-state index in [2.05, 4.69) is 17.2 Å². The Kier molecular flexibility index (Phi) is 4.51. The number of hydrogen-bond acceptors (Lipinski definition) is 3. The lowest BCUT2D eigenvalue weighted by atomic mass is 10.1. The molecular weight excluding hydrogens is 288 g/mol. The van der Waals surface area contributed by atoms with E-state index in [4.69, 9.17) is 4.42 Å². The third kappa shape index (κ3) is 3.46. The number of fused-ring (bicyclic) bond motifs is 1. The van der Waals surface area contributed by atoms with Gasteiger partial charge in [0, 0.05) is 12.7 Å². The molecule has 1 aromatic heterocycles. The highest BCUT2D eigenvalue weighted by Gasteiger charge is 2.48. The van der Waals surface area contributed by atoms with Gasteiger partial charge in [0.1, 0.15) is 6.26 Å². The van der Waals surface area contributed by atoms with Gasteiger partial charge in [-0.1, -0.05) is 19.4 Å². The molecule has 4 heteroatoms. The summed E-state index contributed by atoms with van der Waals surface area (Å²) in [6.45, 7) is 6.24. The molecule has 2 fully saturated rings. The maximum Gasteiger partial charge on any atom is 0.226 e. The Hall–Kier alpha value is -2.10. The van der Waals surface area contributed by atoms with E-state index in [0.29, 0.717) is 12.3 Å². The smallest absolute Gasteiger partial charge is 0.226 e. The molecule has 2 aromatic rings. The van der Waals surface area contributed by atoms with Crippen LogP contribution in [0.1, 0.15) is 38.9 Å². The molecule has 1 heterocycles. The van der Waals surface area contributed by atoms with Crippen LogP contribution in [0.3, 0.4) is 0 Å². The number of benzene rings is 1. The SMILES string of the molecule is CC1C2CCCC12.Cc1coc(-c2cc(NC=O)ccc2C)n1.[HH]. The van der Waals surface area contributed by atoms with Crippen LogP contribution >= 0.6 is 0 Å². The number of hydrogen-bond donors (Lipinski definition) is 1. The Morgan fingerprint density at radius 3 is 2.57 bits per heavy atom. The number of rotatable bonds is 3. The highest BCUT2D eigenvalue weighted by Crippen LogP contribution is 2.56. The van der Waals surface area contributed by atoms with E-state index >= 15 is 0 Å². The summed E-state index contributed by atoms with van der Waals surface area (Å²) < 4.78 is 5.34. The van der Waals surface area contributed by atoms with Crippen LogP contribution in [-0.4, -0.2) is 11.4 Å². The molecule has 124 valence electrons. The normalized spacial score (nSPS) is 24.4. The molecule has 2 saturated carbocycles. The fourth-order valence-electron chi connectivity index (χ4n) is 3.67. The van der Waals surface area contributed by atoms with E-state index in [1.807, 2.05) is 32.0 Å². The molecule has 4 rings (SSSR count). The van der Waals surface area contributed by atoms with Crippen LogP contribution in [-0.2, 0) is 4.79 Å². The number of nitrogens with zero attached hydrogens (tertiary/aromatic N) is 1. The van der Waals surface area contributed by atoms with Gasteiger partial charge in [-0.25, -0.2) is 4.98 Å². The number of nitrogens with one attached hydrogen (secondary N) is 1. The van der Waals surface area contributed by atoms with Gasteiger partial charge >= 0.3 is 0 Å². The van der Waals surface area contributed by atoms with E-state index in [0.717, 1.165) is 28.4 Å². The molecule has 0 spiro atoms. The molecule has 4 nitrogen and oxygen atoms in total. The summed E-state index contributed by atoms with van der Waals surface area (Å²) in [6.07, 6.45) is 6.88. The van der Waals surface area contributed by atoms with Crippen molar-refractivity contribution in [3.8, 4) is 11.5 Å². The fourth-order valence-corrected chi connectivity index (χ4v) is 3.67. The van der Waals surface area contributed by atoms with E-state index in [9.17, 15) is 4.79 Å². The topological polar surface area (TPSA) is 55.1 Å². The summed E-state index contributed by atoms with van der Waals surface area (Å²) >= 11 is 0. The summed E-state index contributed by atoms with van der Waals surface area (Å²) in [6, 6.07) is 5.60. The van der Waals surface area contributed by atoms with Crippen molar-refractivity contribution < 1.29 is 10.6 Å². The summed E-state index contributed by atoms with van der Waals surface area (Å²) in [7, 11) is 0. The van der Waals surface area contributed by atoms with Crippen molar-refractivity contribution in [1.82, 2.24) is 4.98 Å². The summed E-state index contributed by atoms with van der Waals surface area (Å²) in [5.41, 5.74) is 3.51. The molecule has 2 atom stereocenters. The summed E-state index contributed by atoms with van der Waals surface area (Å²) in [5, 5.41) is 2.60. The highest BCUT2D eigenvalue weighted by atomic mass is 16.3. The number of oxazole rings is 1. The summed E-state index contributed by atoms with van der Waals surface area (Å²) in [5.74, 6) is 4.05. The molecule has 0 bridgehead atoms. The molecule has 2 unspecified atom stereocenters. The monoisotopic (exact) mass is 314 g/mol. The maximum atomic E-state index is 10.4. The van der Waals surface area contributed by atoms with E-state index in [1.165, 1.54) is 18.3 Å². The van der Waals surface area contributed by atoms with Gasteiger partial charge < -0.3 is 9.73 Å². The zero-order valence-corrected chi connectivity index (χ0v) is 14.0. The minimum absolute atomic E-state index is 0. The van der Waals surface area contributed by atoms with Gasteiger partial charge in [-0.2, -0.15) is 0 Å². The number of aromatic nitrogens is 1. The first-order chi connectivity index (χ1) is 11.1. The van der Waals surface area contributed by atoms with Crippen LogP contribution in [0.5, 0.6) is 0 Å². The van der Waals surface area contributed by atoms with Crippen molar-refractivity contribution >= 4 is 12.1 Å². The minimum atomic E-state index is 0. The predicted octanol–water partition coefficient (Wildman–Crippen LogP) is 4.83. The largest absolute Gasteiger partial charge is 0.444 e. The first-order valence-corrected chi connectivity index (χ1v) is 8.33. The van der Waals surface area contributed by atoms with Crippen molar-refractivity contribution in [1.29, 1.82) is 0 Å². The third-order valence-corrected chi connectivity index (χ3v) is 5.15. The molecular formula is C19H26N2O2. The molecule has 0 radical (unpaired) electrons. The van der Waals surface area contributed by atoms with Gasteiger partial charge in [-0.3, -0.25) is 4.79 Å². The Balaban J connectivity index is 0.000000216. The van der Waals surface area contributed by atoms with Crippen molar-refractivity contribution in [2.45, 2.75) is 40.0 Å². The molecule has 1 aromatic carbocycles. The molecule has 0 aliphatic heterocycles. The molecule has 1 N–H and O–H groups in total. The van der Waals surface area contributed by atoms with Crippen molar-refractivity contribution in [2.24, 2.45) is 17.8 Å². The van der Waals surface area contributed by atoms with Crippen LogP contribution < -0.4 is 5.32 Å².